The highest BCUT2D eigenvalue weighted by atomic mass is 16.6. The van der Waals surface area contributed by atoms with E-state index in [0.29, 0.717) is 17.7 Å². The van der Waals surface area contributed by atoms with Gasteiger partial charge in [0.15, 0.2) is 0 Å². The van der Waals surface area contributed by atoms with Crippen LogP contribution in [0.4, 0.5) is 10.5 Å². The zero-order valence-electron chi connectivity index (χ0n) is 16.2. The van der Waals surface area contributed by atoms with E-state index in [9.17, 15) is 14.4 Å². The van der Waals surface area contributed by atoms with Gasteiger partial charge in [-0.15, -0.1) is 0 Å². The van der Waals surface area contributed by atoms with Crippen molar-refractivity contribution < 1.29 is 23.9 Å². The topological polar surface area (TPSA) is 93.7 Å². The van der Waals surface area contributed by atoms with Crippen LogP contribution < -0.4 is 10.6 Å². The fourth-order valence-electron chi connectivity index (χ4n) is 2.17. The van der Waals surface area contributed by atoms with Gasteiger partial charge in [0, 0.05) is 11.3 Å². The molecule has 144 valence electrons. The molecule has 0 radical (unpaired) electrons. The van der Waals surface area contributed by atoms with Gasteiger partial charge in [-0.2, -0.15) is 0 Å². The summed E-state index contributed by atoms with van der Waals surface area (Å²) in [6.07, 6.45) is 0.0718. The van der Waals surface area contributed by atoms with Crippen LogP contribution in [0.1, 0.15) is 51.4 Å². The number of anilines is 1. The van der Waals surface area contributed by atoms with Crippen LogP contribution in [0, 0.1) is 5.92 Å². The number of hydrogen-bond donors (Lipinski definition) is 2. The van der Waals surface area contributed by atoms with Crippen LogP contribution in [0.2, 0.25) is 0 Å². The highest BCUT2D eigenvalue weighted by Crippen LogP contribution is 2.16. The number of nitrogens with one attached hydrogen (secondary N) is 2. The predicted molar refractivity (Wildman–Crippen MR) is 99.0 cm³/mol. The quantitative estimate of drug-likeness (QED) is 0.755. The second-order valence-electron chi connectivity index (χ2n) is 7.07. The molecule has 1 aromatic carbocycles. The Morgan fingerprint density at radius 3 is 2.38 bits per heavy atom. The van der Waals surface area contributed by atoms with E-state index in [1.165, 1.54) is 13.2 Å². The van der Waals surface area contributed by atoms with E-state index in [2.05, 4.69) is 15.4 Å². The second kappa shape index (κ2) is 9.22. The van der Waals surface area contributed by atoms with Crippen molar-refractivity contribution in [3.05, 3.63) is 29.8 Å². The van der Waals surface area contributed by atoms with Crippen molar-refractivity contribution >= 4 is 23.7 Å². The molecular weight excluding hydrogens is 336 g/mol. The normalized spacial score (nSPS) is 13.3. The summed E-state index contributed by atoms with van der Waals surface area (Å²) >= 11 is 0. The Labute approximate surface area is 154 Å². The molecule has 0 aliphatic heterocycles. The molecule has 2 amide bonds. The molecule has 7 nitrogen and oxygen atoms in total. The molecule has 0 heterocycles. The molecule has 7 heteroatoms. The van der Waals surface area contributed by atoms with Gasteiger partial charge in [0.05, 0.1) is 7.11 Å². The lowest BCUT2D eigenvalue weighted by Gasteiger charge is -2.27. The Bertz CT molecular complexity index is 652. The van der Waals surface area contributed by atoms with Crippen molar-refractivity contribution in [3.8, 4) is 0 Å². The summed E-state index contributed by atoms with van der Waals surface area (Å²) in [6.45, 7) is 9.16. The summed E-state index contributed by atoms with van der Waals surface area (Å²) < 4.78 is 9.95. The van der Waals surface area contributed by atoms with E-state index in [-0.39, 0.29) is 5.92 Å². The third-order valence-electron chi connectivity index (χ3n) is 3.72. The third-order valence-corrected chi connectivity index (χ3v) is 3.72. The fourth-order valence-corrected chi connectivity index (χ4v) is 2.17. The van der Waals surface area contributed by atoms with Gasteiger partial charge in [0.2, 0.25) is 0 Å². The van der Waals surface area contributed by atoms with Gasteiger partial charge >= 0.3 is 12.1 Å². The number of carbonyl (C=O) groups excluding carboxylic acids is 3. The summed E-state index contributed by atoms with van der Waals surface area (Å²) in [7, 11) is 1.25. The van der Waals surface area contributed by atoms with E-state index >= 15 is 0 Å². The molecule has 0 bridgehead atoms. The maximum Gasteiger partial charge on any atom is 0.411 e. The first-order valence-corrected chi connectivity index (χ1v) is 8.56. The molecule has 0 unspecified atom stereocenters. The number of esters is 1. The van der Waals surface area contributed by atoms with Crippen LogP contribution in [0.5, 0.6) is 0 Å². The van der Waals surface area contributed by atoms with Crippen LogP contribution in [-0.2, 0) is 14.3 Å². The molecule has 0 aliphatic carbocycles. The van der Waals surface area contributed by atoms with E-state index in [4.69, 9.17) is 4.74 Å². The smallest absolute Gasteiger partial charge is 0.411 e. The van der Waals surface area contributed by atoms with E-state index in [1.54, 1.807) is 39.0 Å². The van der Waals surface area contributed by atoms with Crippen molar-refractivity contribution in [2.75, 3.05) is 12.4 Å². The molecule has 0 saturated carbocycles. The van der Waals surface area contributed by atoms with Gasteiger partial charge in [0.25, 0.3) is 5.91 Å². The van der Waals surface area contributed by atoms with E-state index < -0.39 is 29.6 Å². The van der Waals surface area contributed by atoms with Crippen LogP contribution in [-0.4, -0.2) is 36.7 Å². The molecule has 0 aliphatic rings. The highest BCUT2D eigenvalue weighted by Gasteiger charge is 2.30. The molecule has 2 N–H and O–H groups in total. The first kappa shape index (κ1) is 21.5. The number of amides is 2. The zero-order valence-corrected chi connectivity index (χ0v) is 16.2. The van der Waals surface area contributed by atoms with Gasteiger partial charge in [-0.25, -0.2) is 9.59 Å². The Morgan fingerprint density at radius 2 is 1.85 bits per heavy atom. The molecule has 0 saturated heterocycles. The lowest BCUT2D eigenvalue weighted by molar-refractivity contribution is -0.158. The molecule has 1 aromatic rings. The van der Waals surface area contributed by atoms with Crippen molar-refractivity contribution in [1.29, 1.82) is 0 Å². The van der Waals surface area contributed by atoms with Crippen molar-refractivity contribution in [3.63, 3.8) is 0 Å². The van der Waals surface area contributed by atoms with Crippen molar-refractivity contribution in [1.82, 2.24) is 5.32 Å². The Hall–Kier alpha value is -2.57. The minimum Gasteiger partial charge on any atom is -0.458 e. The minimum absolute atomic E-state index is 0.0924. The maximum atomic E-state index is 12.6. The average Bonchev–Trinajstić information content (AvgIpc) is 2.57. The molecular formula is C19H28N2O5. The van der Waals surface area contributed by atoms with Crippen LogP contribution in [0.25, 0.3) is 0 Å². The predicted octanol–water partition coefficient (Wildman–Crippen LogP) is 3.35. The van der Waals surface area contributed by atoms with Gasteiger partial charge in [-0.05, 0) is 44.9 Å². The average molecular weight is 364 g/mol. The third kappa shape index (κ3) is 6.74. The summed E-state index contributed by atoms with van der Waals surface area (Å²) in [5.41, 5.74) is 0.0929. The standard InChI is InChI=1S/C19H28N2O5/c1-7-12(2)15(17(23)26-19(3,4)5)21-16(22)13-9-8-10-14(11-13)20-18(24)25-6/h8-12,15H,7H2,1-6H3,(H,20,24)(H,21,22)/t12-,15-/m0/s1. The molecule has 1 rings (SSSR count). The summed E-state index contributed by atoms with van der Waals surface area (Å²) in [5, 5.41) is 5.24. The molecule has 0 fully saturated rings. The molecule has 26 heavy (non-hydrogen) atoms. The molecule has 0 aromatic heterocycles. The lowest BCUT2D eigenvalue weighted by atomic mass is 9.98. The van der Waals surface area contributed by atoms with Crippen LogP contribution >= 0.6 is 0 Å². The summed E-state index contributed by atoms with van der Waals surface area (Å²) in [5.74, 6) is -0.983. The highest BCUT2D eigenvalue weighted by molar-refractivity contribution is 5.98. The minimum atomic E-state index is -0.760. The second-order valence-corrected chi connectivity index (χ2v) is 7.07. The molecule has 2 atom stereocenters. The largest absolute Gasteiger partial charge is 0.458 e. The van der Waals surface area contributed by atoms with Gasteiger partial charge in [-0.1, -0.05) is 26.3 Å². The maximum absolute atomic E-state index is 12.6. The van der Waals surface area contributed by atoms with Crippen LogP contribution in [0.3, 0.4) is 0 Å². The number of methoxy groups -OCH3 is 1. The lowest BCUT2D eigenvalue weighted by Crippen LogP contribution is -2.47. The Morgan fingerprint density at radius 1 is 1.19 bits per heavy atom. The van der Waals surface area contributed by atoms with E-state index in [1.807, 2.05) is 13.8 Å². The van der Waals surface area contributed by atoms with Crippen molar-refractivity contribution in [2.24, 2.45) is 5.92 Å². The SMILES string of the molecule is CC[C@H](C)[C@H](NC(=O)c1cccc(NC(=O)OC)c1)C(=O)OC(C)(C)C. The Kier molecular flexibility index (Phi) is 7.61. The number of benzene rings is 1. The zero-order chi connectivity index (χ0) is 19.9. The number of ether oxygens (including phenoxy) is 2. The molecule has 0 spiro atoms. The first-order valence-electron chi connectivity index (χ1n) is 8.56. The van der Waals surface area contributed by atoms with Gasteiger partial charge in [-0.3, -0.25) is 10.1 Å². The summed E-state index contributed by atoms with van der Waals surface area (Å²) in [6, 6.07) is 5.61. The van der Waals surface area contributed by atoms with Gasteiger partial charge in [0.1, 0.15) is 11.6 Å². The number of rotatable bonds is 6. The monoisotopic (exact) mass is 364 g/mol. The Balaban J connectivity index is 2.94. The first-order chi connectivity index (χ1) is 12.1. The number of hydrogen-bond acceptors (Lipinski definition) is 5. The summed E-state index contributed by atoms with van der Waals surface area (Å²) in [4.78, 5) is 36.4. The van der Waals surface area contributed by atoms with Gasteiger partial charge < -0.3 is 14.8 Å². The fraction of sp³-hybridized carbons (Fsp3) is 0.526. The number of carbonyl (C=O) groups is 3. The van der Waals surface area contributed by atoms with E-state index in [0.717, 1.165) is 0 Å². The van der Waals surface area contributed by atoms with Crippen molar-refractivity contribution in [2.45, 2.75) is 52.7 Å². The van der Waals surface area contributed by atoms with Crippen LogP contribution in [0.15, 0.2) is 24.3 Å².